The number of hydrogen-bond acceptors (Lipinski definition) is 2. The largest absolute Gasteiger partial charge is 0.229 e. The number of rotatable bonds is 3. The molecule has 0 atom stereocenters. The molecular formula is C8H10FNO2S. The smallest absolute Gasteiger partial charge is 0.209 e. The zero-order chi connectivity index (χ0) is 9.90. The highest BCUT2D eigenvalue weighted by Gasteiger charge is 2.06. The molecule has 0 saturated heterocycles. The molecule has 0 aliphatic heterocycles. The lowest BCUT2D eigenvalue weighted by Gasteiger charge is -2.00. The van der Waals surface area contributed by atoms with Gasteiger partial charge < -0.3 is 0 Å². The van der Waals surface area contributed by atoms with Gasteiger partial charge in [0.25, 0.3) is 0 Å². The maximum absolute atomic E-state index is 12.9. The van der Waals surface area contributed by atoms with Gasteiger partial charge in [0.05, 0.1) is 5.75 Å². The molecule has 13 heavy (non-hydrogen) atoms. The van der Waals surface area contributed by atoms with Crippen molar-refractivity contribution >= 4 is 10.0 Å². The third kappa shape index (κ3) is 3.52. The Morgan fingerprint density at radius 1 is 1.31 bits per heavy atom. The summed E-state index contributed by atoms with van der Waals surface area (Å²) in [4.78, 5) is 0. The van der Waals surface area contributed by atoms with Crippen LogP contribution >= 0.6 is 0 Å². The van der Waals surface area contributed by atoms with Crippen LogP contribution in [0.1, 0.15) is 5.56 Å². The fourth-order valence-electron chi connectivity index (χ4n) is 0.953. The monoisotopic (exact) mass is 203 g/mol. The van der Waals surface area contributed by atoms with Crippen LogP contribution in [-0.4, -0.2) is 14.2 Å². The van der Waals surface area contributed by atoms with Crippen molar-refractivity contribution in [1.82, 2.24) is 0 Å². The van der Waals surface area contributed by atoms with Gasteiger partial charge in [0.1, 0.15) is 5.82 Å². The molecule has 0 aliphatic carbocycles. The van der Waals surface area contributed by atoms with Crippen LogP contribution < -0.4 is 5.14 Å². The third-order valence-electron chi connectivity index (χ3n) is 1.61. The number of hydrogen-bond donors (Lipinski definition) is 1. The van der Waals surface area contributed by atoms with Crippen LogP contribution in [0, 0.1) is 5.82 Å². The van der Waals surface area contributed by atoms with Crippen LogP contribution in [0.4, 0.5) is 4.39 Å². The Bertz CT molecular complexity index is 389. The summed E-state index contributed by atoms with van der Waals surface area (Å²) >= 11 is 0. The highest BCUT2D eigenvalue weighted by Crippen LogP contribution is 2.07. The van der Waals surface area contributed by atoms with Gasteiger partial charge in [-0.25, -0.2) is 17.9 Å². The Morgan fingerprint density at radius 2 is 1.92 bits per heavy atom. The van der Waals surface area contributed by atoms with E-state index in [2.05, 4.69) is 0 Å². The van der Waals surface area contributed by atoms with E-state index >= 15 is 0 Å². The minimum Gasteiger partial charge on any atom is -0.229 e. The fraction of sp³-hybridized carbons (Fsp3) is 0.250. The maximum Gasteiger partial charge on any atom is 0.209 e. The molecule has 5 heteroatoms. The van der Waals surface area contributed by atoms with Gasteiger partial charge in [0.2, 0.25) is 10.0 Å². The van der Waals surface area contributed by atoms with Crippen LogP contribution in [0.5, 0.6) is 0 Å². The topological polar surface area (TPSA) is 60.2 Å². The molecule has 3 nitrogen and oxygen atoms in total. The SMILES string of the molecule is NS(=O)(=O)CCc1ccccc1F. The van der Waals surface area contributed by atoms with E-state index in [0.717, 1.165) is 0 Å². The van der Waals surface area contributed by atoms with Crippen molar-refractivity contribution in [2.24, 2.45) is 5.14 Å². The summed E-state index contributed by atoms with van der Waals surface area (Å²) in [5.74, 6) is -0.625. The molecule has 0 aliphatic rings. The molecule has 0 fully saturated rings. The zero-order valence-electron chi connectivity index (χ0n) is 6.90. The molecule has 0 amide bonds. The van der Waals surface area contributed by atoms with Gasteiger partial charge >= 0.3 is 0 Å². The first-order valence-corrected chi connectivity index (χ1v) is 5.44. The van der Waals surface area contributed by atoms with Gasteiger partial charge in [-0.3, -0.25) is 0 Å². The predicted molar refractivity (Wildman–Crippen MR) is 48.1 cm³/mol. The van der Waals surface area contributed by atoms with Crippen LogP contribution in [0.3, 0.4) is 0 Å². The summed E-state index contributed by atoms with van der Waals surface area (Å²) in [7, 11) is -3.51. The molecule has 1 rings (SSSR count). The number of nitrogens with two attached hydrogens (primary N) is 1. The standard InChI is InChI=1S/C8H10FNO2S/c9-8-4-2-1-3-7(8)5-6-13(10,11)12/h1-4H,5-6H2,(H2,10,11,12). The van der Waals surface area contributed by atoms with Crippen LogP contribution in [0.15, 0.2) is 24.3 Å². The van der Waals surface area contributed by atoms with E-state index in [1.54, 1.807) is 18.2 Å². The Labute approximate surface area is 76.4 Å². The summed E-state index contributed by atoms with van der Waals surface area (Å²) in [5.41, 5.74) is 0.372. The lowest BCUT2D eigenvalue weighted by molar-refractivity contribution is 0.593. The third-order valence-corrected chi connectivity index (χ3v) is 2.39. The van der Waals surface area contributed by atoms with Crippen LogP contribution in [-0.2, 0) is 16.4 Å². The second-order valence-electron chi connectivity index (χ2n) is 2.71. The normalized spacial score (nSPS) is 11.5. The highest BCUT2D eigenvalue weighted by atomic mass is 32.2. The van der Waals surface area contributed by atoms with Gasteiger partial charge in [-0.05, 0) is 18.1 Å². The maximum atomic E-state index is 12.9. The van der Waals surface area contributed by atoms with Gasteiger partial charge in [-0.1, -0.05) is 18.2 Å². The van der Waals surface area contributed by atoms with E-state index in [1.807, 2.05) is 0 Å². The summed E-state index contributed by atoms with van der Waals surface area (Å²) in [6.07, 6.45) is 0.117. The molecule has 0 saturated carbocycles. The van der Waals surface area contributed by atoms with Crippen molar-refractivity contribution in [3.05, 3.63) is 35.6 Å². The Balaban J connectivity index is 2.71. The predicted octanol–water partition coefficient (Wildman–Crippen LogP) is 0.657. The number of benzene rings is 1. The van der Waals surface area contributed by atoms with Crippen molar-refractivity contribution < 1.29 is 12.8 Å². The summed E-state index contributed by atoms with van der Waals surface area (Å²) < 4.78 is 34.1. The molecule has 0 bridgehead atoms. The molecular weight excluding hydrogens is 193 g/mol. The molecule has 1 aromatic rings. The van der Waals surface area contributed by atoms with Gasteiger partial charge in [-0.15, -0.1) is 0 Å². The summed E-state index contributed by atoms with van der Waals surface area (Å²) in [5, 5.41) is 4.78. The van der Waals surface area contributed by atoms with Crippen LogP contribution in [0.25, 0.3) is 0 Å². The molecule has 0 unspecified atom stereocenters. The van der Waals surface area contributed by atoms with E-state index in [4.69, 9.17) is 5.14 Å². The lowest BCUT2D eigenvalue weighted by atomic mass is 10.2. The fourth-order valence-corrected chi connectivity index (χ4v) is 1.46. The van der Waals surface area contributed by atoms with E-state index in [0.29, 0.717) is 5.56 Å². The number of aryl methyl sites for hydroxylation is 1. The van der Waals surface area contributed by atoms with Gasteiger partial charge in [-0.2, -0.15) is 0 Å². The average molecular weight is 203 g/mol. The van der Waals surface area contributed by atoms with E-state index in [-0.39, 0.29) is 12.2 Å². The van der Waals surface area contributed by atoms with E-state index in [9.17, 15) is 12.8 Å². The van der Waals surface area contributed by atoms with Crippen molar-refractivity contribution in [3.8, 4) is 0 Å². The summed E-state index contributed by atoms with van der Waals surface area (Å²) in [6, 6.07) is 6.04. The quantitative estimate of drug-likeness (QED) is 0.784. The molecule has 0 aromatic heterocycles. The minimum atomic E-state index is -3.51. The first kappa shape index (κ1) is 10.1. The van der Waals surface area contributed by atoms with Crippen molar-refractivity contribution in [2.75, 3.05) is 5.75 Å². The Morgan fingerprint density at radius 3 is 2.46 bits per heavy atom. The molecule has 72 valence electrons. The molecule has 2 N–H and O–H groups in total. The Kier molecular flexibility index (Phi) is 3.00. The van der Waals surface area contributed by atoms with Gasteiger partial charge in [0, 0.05) is 0 Å². The molecule has 1 aromatic carbocycles. The Hall–Kier alpha value is -0.940. The molecule has 0 heterocycles. The summed E-state index contributed by atoms with van der Waals surface area (Å²) in [6.45, 7) is 0. The van der Waals surface area contributed by atoms with Crippen molar-refractivity contribution in [2.45, 2.75) is 6.42 Å². The second kappa shape index (κ2) is 3.85. The number of primary sulfonamides is 1. The average Bonchev–Trinajstić information content (AvgIpc) is 2.01. The minimum absolute atomic E-state index is 0.117. The number of halogens is 1. The first-order chi connectivity index (χ1) is 5.99. The van der Waals surface area contributed by atoms with Crippen LogP contribution in [0.2, 0.25) is 0 Å². The lowest BCUT2D eigenvalue weighted by Crippen LogP contribution is -2.18. The molecule has 0 spiro atoms. The van der Waals surface area contributed by atoms with Crippen molar-refractivity contribution in [3.63, 3.8) is 0 Å². The van der Waals surface area contributed by atoms with Gasteiger partial charge in [0.15, 0.2) is 0 Å². The second-order valence-corrected chi connectivity index (χ2v) is 4.44. The van der Waals surface area contributed by atoms with E-state index in [1.165, 1.54) is 6.07 Å². The van der Waals surface area contributed by atoms with E-state index < -0.39 is 15.8 Å². The zero-order valence-corrected chi connectivity index (χ0v) is 7.72. The molecule has 0 radical (unpaired) electrons. The highest BCUT2D eigenvalue weighted by molar-refractivity contribution is 7.89. The van der Waals surface area contributed by atoms with Crippen molar-refractivity contribution in [1.29, 1.82) is 0 Å². The first-order valence-electron chi connectivity index (χ1n) is 3.73. The number of sulfonamides is 1.